The summed E-state index contributed by atoms with van der Waals surface area (Å²) in [4.78, 5) is 0. The van der Waals surface area contributed by atoms with Gasteiger partial charge in [-0.05, 0) is 19.8 Å². The van der Waals surface area contributed by atoms with Gasteiger partial charge in [0.05, 0.1) is 6.10 Å². The number of ether oxygens (including phenoxy) is 1. The van der Waals surface area contributed by atoms with Gasteiger partial charge in [0, 0.05) is 32.7 Å². The molecule has 1 fully saturated rings. The third kappa shape index (κ3) is 4.39. The molecule has 0 saturated carbocycles. The fourth-order valence-corrected chi connectivity index (χ4v) is 3.62. The summed E-state index contributed by atoms with van der Waals surface area (Å²) in [6, 6.07) is 0. The number of hydrogen-bond acceptors (Lipinski definition) is 4. The van der Waals surface area contributed by atoms with Gasteiger partial charge in [-0.3, -0.25) is 0 Å². The Labute approximate surface area is 116 Å². The van der Waals surface area contributed by atoms with Crippen molar-refractivity contribution in [3.8, 4) is 0 Å². The van der Waals surface area contributed by atoms with Gasteiger partial charge in [0.15, 0.2) is 0 Å². The number of rotatable bonds is 8. The van der Waals surface area contributed by atoms with Gasteiger partial charge < -0.3 is 9.84 Å². The lowest BCUT2D eigenvalue weighted by Crippen LogP contribution is -2.51. The van der Waals surface area contributed by atoms with E-state index < -0.39 is 15.8 Å². The first-order valence-corrected chi connectivity index (χ1v) is 8.38. The van der Waals surface area contributed by atoms with Crippen molar-refractivity contribution in [1.82, 2.24) is 9.03 Å². The monoisotopic (exact) mass is 294 g/mol. The van der Waals surface area contributed by atoms with Gasteiger partial charge in [0.2, 0.25) is 0 Å². The lowest BCUT2D eigenvalue weighted by Gasteiger charge is -2.28. The molecule has 0 spiro atoms. The lowest BCUT2D eigenvalue weighted by molar-refractivity contribution is -0.0230. The second-order valence-corrected chi connectivity index (χ2v) is 6.85. The van der Waals surface area contributed by atoms with E-state index in [0.29, 0.717) is 26.1 Å². The smallest absolute Gasteiger partial charge is 0.279 e. The molecule has 7 heteroatoms. The highest BCUT2D eigenvalue weighted by Gasteiger charge is 2.40. The predicted molar refractivity (Wildman–Crippen MR) is 74.1 cm³/mol. The van der Waals surface area contributed by atoms with E-state index in [1.54, 1.807) is 6.92 Å². The second-order valence-electron chi connectivity index (χ2n) is 5.09. The number of aliphatic hydroxyl groups is 1. The maximum absolute atomic E-state index is 12.2. The maximum Gasteiger partial charge on any atom is 0.279 e. The van der Waals surface area contributed by atoms with Crippen LogP contribution in [0.2, 0.25) is 0 Å². The van der Waals surface area contributed by atoms with Crippen LogP contribution in [0.5, 0.6) is 0 Å². The molecule has 0 bridgehead atoms. The molecule has 0 aromatic heterocycles. The summed E-state index contributed by atoms with van der Waals surface area (Å²) in [5.74, 6) is 0. The van der Waals surface area contributed by atoms with Gasteiger partial charge in [0.25, 0.3) is 10.2 Å². The molecule has 1 saturated heterocycles. The molecule has 0 amide bonds. The van der Waals surface area contributed by atoms with Gasteiger partial charge in [-0.25, -0.2) is 0 Å². The second kappa shape index (κ2) is 6.99. The Kier molecular flexibility index (Phi) is 6.19. The summed E-state index contributed by atoms with van der Waals surface area (Å²) in [5.41, 5.74) is -1.10. The minimum atomic E-state index is -3.53. The minimum Gasteiger partial charge on any atom is -0.386 e. The van der Waals surface area contributed by atoms with E-state index in [2.05, 4.69) is 4.72 Å². The van der Waals surface area contributed by atoms with E-state index in [4.69, 9.17) is 4.74 Å². The summed E-state index contributed by atoms with van der Waals surface area (Å²) in [5, 5.41) is 10.3. The molecule has 2 unspecified atom stereocenters. The molecule has 1 rings (SSSR count). The molecule has 2 atom stereocenters. The molecule has 2 N–H and O–H groups in total. The zero-order valence-electron chi connectivity index (χ0n) is 12.1. The van der Waals surface area contributed by atoms with E-state index in [9.17, 15) is 13.5 Å². The molecule has 1 aliphatic rings. The van der Waals surface area contributed by atoms with E-state index in [-0.39, 0.29) is 12.6 Å². The Morgan fingerprint density at radius 3 is 2.37 bits per heavy atom. The highest BCUT2D eigenvalue weighted by molar-refractivity contribution is 7.87. The molecule has 0 aromatic carbocycles. The first-order chi connectivity index (χ1) is 8.85. The number of hydrogen-bond donors (Lipinski definition) is 2. The van der Waals surface area contributed by atoms with Crippen LogP contribution in [0.4, 0.5) is 0 Å². The molecule has 1 heterocycles. The van der Waals surface area contributed by atoms with Crippen molar-refractivity contribution in [2.24, 2.45) is 0 Å². The van der Waals surface area contributed by atoms with E-state index in [1.165, 1.54) is 4.31 Å². The Morgan fingerprint density at radius 2 is 1.95 bits per heavy atom. The quantitative estimate of drug-likeness (QED) is 0.682. The molecule has 114 valence electrons. The van der Waals surface area contributed by atoms with Gasteiger partial charge >= 0.3 is 0 Å². The average molecular weight is 294 g/mol. The summed E-state index contributed by atoms with van der Waals surface area (Å²) in [6.45, 7) is 7.10. The Balaban J connectivity index is 2.62. The molecule has 6 nitrogen and oxygen atoms in total. The van der Waals surface area contributed by atoms with Crippen LogP contribution in [0.15, 0.2) is 0 Å². The highest BCUT2D eigenvalue weighted by atomic mass is 32.2. The third-order valence-electron chi connectivity index (χ3n) is 3.51. The Morgan fingerprint density at radius 1 is 1.37 bits per heavy atom. The predicted octanol–water partition coefficient (Wildman–Crippen LogP) is 0.483. The molecule has 0 aromatic rings. The van der Waals surface area contributed by atoms with Crippen molar-refractivity contribution in [3.63, 3.8) is 0 Å². The van der Waals surface area contributed by atoms with Crippen molar-refractivity contribution in [2.45, 2.75) is 51.7 Å². The molecular formula is C12H26N2O4S. The topological polar surface area (TPSA) is 78.9 Å². The third-order valence-corrected chi connectivity index (χ3v) is 5.06. The van der Waals surface area contributed by atoms with E-state index in [1.807, 2.05) is 13.8 Å². The summed E-state index contributed by atoms with van der Waals surface area (Å²) < 4.78 is 33.6. The first-order valence-electron chi connectivity index (χ1n) is 6.94. The van der Waals surface area contributed by atoms with Crippen LogP contribution in [0.3, 0.4) is 0 Å². The lowest BCUT2D eigenvalue weighted by atomic mass is 9.97. The molecule has 0 aliphatic carbocycles. The zero-order chi connectivity index (χ0) is 14.5. The van der Waals surface area contributed by atoms with Gasteiger partial charge in [-0.2, -0.15) is 17.4 Å². The standard InChI is InChI=1S/C12H26N2O4S/c1-4-7-14(8-5-2)19(16,17)13-10-12(15)6-9-18-11(12)3/h11,13,15H,4-10H2,1-3H3. The van der Waals surface area contributed by atoms with Crippen LogP contribution in [0, 0.1) is 0 Å². The molecule has 19 heavy (non-hydrogen) atoms. The largest absolute Gasteiger partial charge is 0.386 e. The van der Waals surface area contributed by atoms with Crippen LogP contribution in [0.25, 0.3) is 0 Å². The summed E-state index contributed by atoms with van der Waals surface area (Å²) in [7, 11) is -3.53. The maximum atomic E-state index is 12.2. The molecular weight excluding hydrogens is 268 g/mol. The highest BCUT2D eigenvalue weighted by Crippen LogP contribution is 2.25. The van der Waals surface area contributed by atoms with Crippen LogP contribution < -0.4 is 4.72 Å². The van der Waals surface area contributed by atoms with Crippen molar-refractivity contribution in [3.05, 3.63) is 0 Å². The molecule has 0 radical (unpaired) electrons. The zero-order valence-corrected chi connectivity index (χ0v) is 12.9. The van der Waals surface area contributed by atoms with Crippen LogP contribution >= 0.6 is 0 Å². The molecule has 1 aliphatic heterocycles. The SMILES string of the molecule is CCCN(CCC)S(=O)(=O)NCC1(O)CCOC1C. The minimum absolute atomic E-state index is 0.000425. The van der Waals surface area contributed by atoms with E-state index in [0.717, 1.165) is 12.8 Å². The average Bonchev–Trinajstić information content (AvgIpc) is 2.68. The Bertz CT molecular complexity index is 368. The van der Waals surface area contributed by atoms with Gasteiger partial charge in [-0.15, -0.1) is 0 Å². The number of nitrogens with zero attached hydrogens (tertiary/aromatic N) is 1. The van der Waals surface area contributed by atoms with E-state index >= 15 is 0 Å². The number of nitrogens with one attached hydrogen (secondary N) is 1. The fourth-order valence-electron chi connectivity index (χ4n) is 2.16. The summed E-state index contributed by atoms with van der Waals surface area (Å²) >= 11 is 0. The summed E-state index contributed by atoms with van der Waals surface area (Å²) in [6.07, 6.45) is 1.65. The van der Waals surface area contributed by atoms with Crippen molar-refractivity contribution in [2.75, 3.05) is 26.2 Å². The van der Waals surface area contributed by atoms with Crippen molar-refractivity contribution >= 4 is 10.2 Å². The normalized spacial score (nSPS) is 28.2. The fraction of sp³-hybridized carbons (Fsp3) is 1.00. The Hall–Kier alpha value is -0.210. The van der Waals surface area contributed by atoms with Crippen LogP contribution in [-0.2, 0) is 14.9 Å². The van der Waals surface area contributed by atoms with Crippen molar-refractivity contribution in [1.29, 1.82) is 0 Å². The van der Waals surface area contributed by atoms with Crippen LogP contribution in [0.1, 0.15) is 40.0 Å². The van der Waals surface area contributed by atoms with Gasteiger partial charge in [-0.1, -0.05) is 13.8 Å². The van der Waals surface area contributed by atoms with Crippen LogP contribution in [-0.4, -0.2) is 55.8 Å². The van der Waals surface area contributed by atoms with Gasteiger partial charge in [0.1, 0.15) is 5.60 Å². The first kappa shape index (κ1) is 16.8. The van der Waals surface area contributed by atoms with Crippen molar-refractivity contribution < 1.29 is 18.3 Å².